The number of piperidine rings is 1. The lowest BCUT2D eigenvalue weighted by Gasteiger charge is -2.33. The Morgan fingerprint density at radius 3 is 2.64 bits per heavy atom. The topological polar surface area (TPSA) is 75.2 Å². The second kappa shape index (κ2) is 8.44. The van der Waals surface area contributed by atoms with E-state index in [-0.39, 0.29) is 23.1 Å². The van der Waals surface area contributed by atoms with Crippen LogP contribution in [0.3, 0.4) is 0 Å². The third-order valence-electron chi connectivity index (χ3n) is 4.14. The molecule has 1 aromatic heterocycles. The molecular formula is C17H20N4O2S2. The maximum atomic E-state index is 12.5. The highest BCUT2D eigenvalue weighted by Crippen LogP contribution is 2.26. The lowest BCUT2D eigenvalue weighted by atomic mass is 10.0. The molecule has 8 heteroatoms. The summed E-state index contributed by atoms with van der Waals surface area (Å²) in [5.74, 6) is 0.0682. The fourth-order valence-electron chi connectivity index (χ4n) is 2.78. The van der Waals surface area contributed by atoms with Crippen molar-refractivity contribution in [2.75, 3.05) is 13.1 Å². The number of likely N-dealkylation sites (tertiary alicyclic amines) is 1. The van der Waals surface area contributed by atoms with Gasteiger partial charge in [0.15, 0.2) is 4.34 Å². The molecule has 0 radical (unpaired) electrons. The summed E-state index contributed by atoms with van der Waals surface area (Å²) in [6.07, 6.45) is 1.56. The molecule has 3 rings (SSSR count). The first-order valence-corrected chi connectivity index (χ1v) is 9.97. The third kappa shape index (κ3) is 4.79. The lowest BCUT2D eigenvalue weighted by molar-refractivity contribution is -0.131. The number of nitrogens with zero attached hydrogens (tertiary/aromatic N) is 3. The predicted octanol–water partition coefficient (Wildman–Crippen LogP) is 2.44. The predicted molar refractivity (Wildman–Crippen MR) is 98.7 cm³/mol. The van der Waals surface area contributed by atoms with E-state index in [1.54, 1.807) is 17.6 Å². The van der Waals surface area contributed by atoms with Gasteiger partial charge in [-0.05, 0) is 31.9 Å². The Balaban J connectivity index is 1.46. The Morgan fingerprint density at radius 2 is 2.00 bits per heavy atom. The molecule has 0 spiro atoms. The smallest absolute Gasteiger partial charge is 0.251 e. The Hall–Kier alpha value is -1.93. The van der Waals surface area contributed by atoms with Crippen LogP contribution < -0.4 is 5.32 Å². The maximum absolute atomic E-state index is 12.5. The first kappa shape index (κ1) is 17.9. The van der Waals surface area contributed by atoms with Crippen molar-refractivity contribution >= 4 is 34.9 Å². The van der Waals surface area contributed by atoms with Gasteiger partial charge in [0.1, 0.15) is 5.51 Å². The molecule has 1 saturated heterocycles. The number of amides is 2. The van der Waals surface area contributed by atoms with Crippen LogP contribution in [-0.2, 0) is 4.79 Å². The Labute approximate surface area is 155 Å². The summed E-state index contributed by atoms with van der Waals surface area (Å²) in [6.45, 7) is 3.23. The van der Waals surface area contributed by atoms with Crippen molar-refractivity contribution in [3.63, 3.8) is 0 Å². The van der Waals surface area contributed by atoms with E-state index in [4.69, 9.17) is 0 Å². The van der Waals surface area contributed by atoms with Gasteiger partial charge < -0.3 is 10.2 Å². The van der Waals surface area contributed by atoms with E-state index in [1.165, 1.54) is 23.1 Å². The standard InChI is InChI=1S/C17H20N4O2S2/c1-12(25-17-20-18-11-24-17)16(23)21-9-7-14(8-10-21)19-15(22)13-5-3-2-4-6-13/h2-6,11-12,14H,7-10H2,1H3,(H,19,22)/t12-/m0/s1. The normalized spacial score (nSPS) is 16.4. The molecule has 25 heavy (non-hydrogen) atoms. The monoisotopic (exact) mass is 376 g/mol. The van der Waals surface area contributed by atoms with Crippen LogP contribution in [0.5, 0.6) is 0 Å². The second-order valence-corrected chi connectivity index (χ2v) is 8.32. The highest BCUT2D eigenvalue weighted by molar-refractivity contribution is 8.02. The van der Waals surface area contributed by atoms with E-state index in [0.717, 1.165) is 17.2 Å². The molecule has 132 valence electrons. The molecule has 1 aliphatic heterocycles. The van der Waals surface area contributed by atoms with Crippen molar-refractivity contribution in [2.45, 2.75) is 35.4 Å². The minimum Gasteiger partial charge on any atom is -0.349 e. The van der Waals surface area contributed by atoms with Gasteiger partial charge in [-0.15, -0.1) is 10.2 Å². The van der Waals surface area contributed by atoms with Gasteiger partial charge in [-0.3, -0.25) is 9.59 Å². The molecule has 1 aliphatic rings. The molecule has 0 saturated carbocycles. The summed E-state index contributed by atoms with van der Waals surface area (Å²) < 4.78 is 0.811. The summed E-state index contributed by atoms with van der Waals surface area (Å²) in [5.41, 5.74) is 2.34. The second-order valence-electron chi connectivity index (χ2n) is 5.90. The van der Waals surface area contributed by atoms with Crippen molar-refractivity contribution in [3.8, 4) is 0 Å². The van der Waals surface area contributed by atoms with Crippen LogP contribution in [-0.4, -0.2) is 51.3 Å². The molecule has 0 bridgehead atoms. The van der Waals surface area contributed by atoms with Crippen LogP contribution in [0.15, 0.2) is 40.2 Å². The summed E-state index contributed by atoms with van der Waals surface area (Å²) in [4.78, 5) is 26.6. The SMILES string of the molecule is C[C@H](Sc1nncs1)C(=O)N1CCC(NC(=O)c2ccccc2)CC1. The van der Waals surface area contributed by atoms with E-state index >= 15 is 0 Å². The van der Waals surface area contributed by atoms with Crippen molar-refractivity contribution in [3.05, 3.63) is 41.4 Å². The number of benzene rings is 1. The number of aromatic nitrogens is 2. The fraction of sp³-hybridized carbons (Fsp3) is 0.412. The zero-order valence-electron chi connectivity index (χ0n) is 13.9. The number of carbonyl (C=O) groups is 2. The van der Waals surface area contributed by atoms with E-state index in [2.05, 4.69) is 15.5 Å². The summed E-state index contributed by atoms with van der Waals surface area (Å²) >= 11 is 2.89. The molecule has 0 unspecified atom stereocenters. The minimum atomic E-state index is -0.177. The van der Waals surface area contributed by atoms with Crippen LogP contribution in [0.2, 0.25) is 0 Å². The highest BCUT2D eigenvalue weighted by atomic mass is 32.2. The van der Waals surface area contributed by atoms with Gasteiger partial charge in [-0.1, -0.05) is 41.3 Å². The molecule has 2 amide bonds. The minimum absolute atomic E-state index is 0.0504. The van der Waals surface area contributed by atoms with Crippen LogP contribution in [0.25, 0.3) is 0 Å². The number of nitrogens with one attached hydrogen (secondary N) is 1. The number of thioether (sulfide) groups is 1. The Morgan fingerprint density at radius 1 is 1.28 bits per heavy atom. The summed E-state index contributed by atoms with van der Waals surface area (Å²) in [6, 6.07) is 9.33. The number of hydrogen-bond acceptors (Lipinski definition) is 6. The fourth-order valence-corrected chi connectivity index (χ4v) is 4.49. The van der Waals surface area contributed by atoms with E-state index in [1.807, 2.05) is 30.0 Å². The van der Waals surface area contributed by atoms with Gasteiger partial charge in [0.2, 0.25) is 5.91 Å². The van der Waals surface area contributed by atoms with Gasteiger partial charge in [0.25, 0.3) is 5.91 Å². The molecule has 6 nitrogen and oxygen atoms in total. The third-order valence-corrected chi connectivity index (χ3v) is 6.04. The van der Waals surface area contributed by atoms with Gasteiger partial charge in [0, 0.05) is 24.7 Å². The zero-order valence-corrected chi connectivity index (χ0v) is 15.6. The van der Waals surface area contributed by atoms with E-state index in [0.29, 0.717) is 18.7 Å². The highest BCUT2D eigenvalue weighted by Gasteiger charge is 2.27. The van der Waals surface area contributed by atoms with Crippen LogP contribution in [0.1, 0.15) is 30.1 Å². The largest absolute Gasteiger partial charge is 0.349 e. The molecule has 1 N–H and O–H groups in total. The van der Waals surface area contributed by atoms with Gasteiger partial charge in [-0.2, -0.15) is 0 Å². The molecule has 1 aromatic carbocycles. The average Bonchev–Trinajstić information content (AvgIpc) is 3.15. The first-order chi connectivity index (χ1) is 12.1. The average molecular weight is 377 g/mol. The maximum Gasteiger partial charge on any atom is 0.251 e. The first-order valence-electron chi connectivity index (χ1n) is 8.21. The van der Waals surface area contributed by atoms with E-state index in [9.17, 15) is 9.59 Å². The van der Waals surface area contributed by atoms with E-state index < -0.39 is 0 Å². The van der Waals surface area contributed by atoms with Crippen LogP contribution in [0, 0.1) is 0 Å². The molecular weight excluding hydrogens is 356 g/mol. The molecule has 0 aliphatic carbocycles. The van der Waals surface area contributed by atoms with Crippen molar-refractivity contribution < 1.29 is 9.59 Å². The van der Waals surface area contributed by atoms with Crippen molar-refractivity contribution in [1.82, 2.24) is 20.4 Å². The number of rotatable bonds is 5. The quantitative estimate of drug-likeness (QED) is 0.811. The Kier molecular flexibility index (Phi) is 6.04. The molecule has 1 atom stereocenters. The summed E-state index contributed by atoms with van der Waals surface area (Å²) in [5, 5.41) is 10.6. The zero-order chi connectivity index (χ0) is 17.6. The van der Waals surface area contributed by atoms with Gasteiger partial charge in [-0.25, -0.2) is 0 Å². The Bertz CT molecular complexity index is 701. The molecule has 2 aromatic rings. The summed E-state index contributed by atoms with van der Waals surface area (Å²) in [7, 11) is 0. The molecule has 2 heterocycles. The van der Waals surface area contributed by atoms with Crippen LogP contribution >= 0.6 is 23.1 Å². The van der Waals surface area contributed by atoms with Crippen molar-refractivity contribution in [1.29, 1.82) is 0 Å². The van der Waals surface area contributed by atoms with Crippen molar-refractivity contribution in [2.24, 2.45) is 0 Å². The van der Waals surface area contributed by atoms with Gasteiger partial charge >= 0.3 is 0 Å². The molecule has 1 fully saturated rings. The lowest BCUT2D eigenvalue weighted by Crippen LogP contribution is -2.48. The van der Waals surface area contributed by atoms with Crippen LogP contribution in [0.4, 0.5) is 0 Å². The number of hydrogen-bond donors (Lipinski definition) is 1. The number of carbonyl (C=O) groups excluding carboxylic acids is 2. The van der Waals surface area contributed by atoms with Gasteiger partial charge in [0.05, 0.1) is 5.25 Å².